The molecule has 1 heterocycles. The fraction of sp³-hybridized carbons (Fsp3) is 0.222. The summed E-state index contributed by atoms with van der Waals surface area (Å²) in [4.78, 5) is 16.1. The number of carbonyl (C=O) groups is 1. The third-order valence-corrected chi connectivity index (χ3v) is 5.03. The molecule has 0 unspecified atom stereocenters. The molecule has 2 rings (SSSR count). The third-order valence-electron chi connectivity index (χ3n) is 3.39. The molecule has 0 saturated carbocycles. The van der Waals surface area contributed by atoms with Crippen molar-refractivity contribution in [1.82, 2.24) is 10.4 Å². The standard InChI is InChI=1S/C18H16I2N4O4/c1-10-3-12(8-27-2)13(6-21)18(23-10)28-9-16(25)24-22-7-11-4-14(19)17(26)15(20)5-11/h3-5,7,26H,8-9H2,1-2H3,(H,24,25)/b22-7+. The number of amides is 1. The van der Waals surface area contributed by atoms with Crippen molar-refractivity contribution in [3.05, 3.63) is 47.7 Å². The molecule has 0 aliphatic carbocycles. The van der Waals surface area contributed by atoms with Gasteiger partial charge in [0.15, 0.2) is 6.61 Å². The number of hydrogen-bond donors (Lipinski definition) is 2. The number of hydrogen-bond acceptors (Lipinski definition) is 7. The Morgan fingerprint density at radius 3 is 2.68 bits per heavy atom. The highest BCUT2D eigenvalue weighted by Crippen LogP contribution is 2.26. The SMILES string of the molecule is COCc1cc(C)nc(OCC(=O)N/N=C/c2cc(I)c(O)c(I)c2)c1C#N. The molecular weight excluding hydrogens is 590 g/mol. The Labute approximate surface area is 189 Å². The van der Waals surface area contributed by atoms with Gasteiger partial charge in [-0.15, -0.1) is 0 Å². The number of ether oxygens (including phenoxy) is 2. The van der Waals surface area contributed by atoms with E-state index in [1.807, 2.05) is 51.3 Å². The van der Waals surface area contributed by atoms with Gasteiger partial charge >= 0.3 is 0 Å². The number of rotatable bonds is 7. The molecule has 1 amide bonds. The fourth-order valence-corrected chi connectivity index (χ4v) is 4.02. The quantitative estimate of drug-likeness (QED) is 0.285. The van der Waals surface area contributed by atoms with Gasteiger partial charge in [-0.2, -0.15) is 10.4 Å². The van der Waals surface area contributed by atoms with Gasteiger partial charge in [-0.3, -0.25) is 4.79 Å². The summed E-state index contributed by atoms with van der Waals surface area (Å²) in [5, 5.41) is 23.0. The lowest BCUT2D eigenvalue weighted by molar-refractivity contribution is -0.123. The molecular formula is C18H16I2N4O4. The van der Waals surface area contributed by atoms with Crippen LogP contribution in [0.1, 0.15) is 22.4 Å². The molecule has 1 aromatic heterocycles. The minimum absolute atomic E-state index is 0.0799. The summed E-state index contributed by atoms with van der Waals surface area (Å²) in [7, 11) is 1.53. The van der Waals surface area contributed by atoms with E-state index >= 15 is 0 Å². The average Bonchev–Trinajstić information content (AvgIpc) is 2.64. The summed E-state index contributed by atoms with van der Waals surface area (Å²) in [6, 6.07) is 7.23. The Hall–Kier alpha value is -1.98. The normalized spacial score (nSPS) is 10.7. The third kappa shape index (κ3) is 6.01. The van der Waals surface area contributed by atoms with Crippen LogP contribution in [0.5, 0.6) is 11.6 Å². The lowest BCUT2D eigenvalue weighted by Crippen LogP contribution is -2.25. The van der Waals surface area contributed by atoms with Crippen LogP contribution >= 0.6 is 45.2 Å². The number of hydrazone groups is 1. The van der Waals surface area contributed by atoms with Crippen molar-refractivity contribution < 1.29 is 19.4 Å². The molecule has 0 radical (unpaired) electrons. The van der Waals surface area contributed by atoms with Gasteiger partial charge in [0.1, 0.15) is 17.4 Å². The molecule has 0 bridgehead atoms. The van der Waals surface area contributed by atoms with Crippen LogP contribution in [0.15, 0.2) is 23.3 Å². The first-order chi connectivity index (χ1) is 13.3. The number of phenolic OH excluding ortho intramolecular Hbond substituents is 1. The van der Waals surface area contributed by atoms with E-state index in [0.29, 0.717) is 18.4 Å². The second kappa shape index (κ2) is 10.5. The van der Waals surface area contributed by atoms with E-state index in [-0.39, 0.29) is 30.4 Å². The number of carbonyl (C=O) groups excluding carboxylic acids is 1. The summed E-state index contributed by atoms with van der Waals surface area (Å²) in [6.07, 6.45) is 1.46. The minimum atomic E-state index is -0.500. The lowest BCUT2D eigenvalue weighted by Gasteiger charge is -2.10. The highest BCUT2D eigenvalue weighted by Gasteiger charge is 2.14. The van der Waals surface area contributed by atoms with Crippen LogP contribution in [0, 0.1) is 25.4 Å². The number of aromatic nitrogens is 1. The van der Waals surface area contributed by atoms with Gasteiger partial charge in [0.25, 0.3) is 5.91 Å². The van der Waals surface area contributed by atoms with E-state index < -0.39 is 5.91 Å². The molecule has 10 heteroatoms. The summed E-state index contributed by atoms with van der Waals surface area (Å²) >= 11 is 4.02. The van der Waals surface area contributed by atoms with Gasteiger partial charge in [-0.1, -0.05) is 0 Å². The fourth-order valence-electron chi connectivity index (χ4n) is 2.21. The molecule has 146 valence electrons. The Bertz CT molecular complexity index is 934. The number of pyridine rings is 1. The molecule has 1 aromatic carbocycles. The van der Waals surface area contributed by atoms with E-state index in [4.69, 9.17) is 9.47 Å². The largest absolute Gasteiger partial charge is 0.506 e. The molecule has 2 N–H and O–H groups in total. The van der Waals surface area contributed by atoms with Crippen molar-refractivity contribution in [2.75, 3.05) is 13.7 Å². The number of aromatic hydroxyl groups is 1. The van der Waals surface area contributed by atoms with Crippen molar-refractivity contribution in [3.63, 3.8) is 0 Å². The van der Waals surface area contributed by atoms with Gasteiger partial charge in [-0.05, 0) is 75.9 Å². The second-order valence-electron chi connectivity index (χ2n) is 5.56. The van der Waals surface area contributed by atoms with Crippen LogP contribution < -0.4 is 10.2 Å². The highest BCUT2D eigenvalue weighted by molar-refractivity contribution is 14.1. The maximum Gasteiger partial charge on any atom is 0.278 e. The predicted molar refractivity (Wildman–Crippen MR) is 119 cm³/mol. The zero-order valence-electron chi connectivity index (χ0n) is 15.0. The Kier molecular flexibility index (Phi) is 8.39. The van der Waals surface area contributed by atoms with Gasteiger partial charge in [0.2, 0.25) is 5.88 Å². The minimum Gasteiger partial charge on any atom is -0.506 e. The number of nitriles is 1. The van der Waals surface area contributed by atoms with E-state index in [1.54, 1.807) is 25.1 Å². The number of aryl methyl sites for hydroxylation is 1. The smallest absolute Gasteiger partial charge is 0.278 e. The zero-order valence-corrected chi connectivity index (χ0v) is 19.3. The summed E-state index contributed by atoms with van der Waals surface area (Å²) in [5.74, 6) is -0.209. The molecule has 0 atom stereocenters. The van der Waals surface area contributed by atoms with Crippen molar-refractivity contribution in [2.45, 2.75) is 13.5 Å². The Balaban J connectivity index is 2.00. The zero-order chi connectivity index (χ0) is 20.7. The molecule has 0 spiro atoms. The van der Waals surface area contributed by atoms with Crippen molar-refractivity contribution in [1.29, 1.82) is 5.26 Å². The van der Waals surface area contributed by atoms with Crippen LogP contribution in [0.3, 0.4) is 0 Å². The molecule has 28 heavy (non-hydrogen) atoms. The van der Waals surface area contributed by atoms with Gasteiger partial charge in [0.05, 0.1) is 20.0 Å². The molecule has 0 saturated heterocycles. The monoisotopic (exact) mass is 606 g/mol. The first-order valence-corrected chi connectivity index (χ1v) is 10.0. The van der Waals surface area contributed by atoms with Gasteiger partial charge in [-0.25, -0.2) is 10.4 Å². The Morgan fingerprint density at radius 2 is 2.07 bits per heavy atom. The Morgan fingerprint density at radius 1 is 1.39 bits per heavy atom. The number of nitrogens with zero attached hydrogens (tertiary/aromatic N) is 3. The number of benzene rings is 1. The maximum atomic E-state index is 12.0. The van der Waals surface area contributed by atoms with Gasteiger partial charge < -0.3 is 14.6 Å². The summed E-state index contributed by atoms with van der Waals surface area (Å²) in [6.45, 7) is 1.65. The number of nitrogens with one attached hydrogen (secondary N) is 1. The number of phenols is 1. The van der Waals surface area contributed by atoms with E-state index in [2.05, 4.69) is 15.5 Å². The maximum absolute atomic E-state index is 12.0. The average molecular weight is 606 g/mol. The van der Waals surface area contributed by atoms with E-state index in [0.717, 1.165) is 5.56 Å². The first-order valence-electron chi connectivity index (χ1n) is 7.88. The van der Waals surface area contributed by atoms with Crippen LogP contribution in [0.2, 0.25) is 0 Å². The molecule has 8 nitrogen and oxygen atoms in total. The van der Waals surface area contributed by atoms with Crippen LogP contribution in [0.25, 0.3) is 0 Å². The number of halogens is 2. The van der Waals surface area contributed by atoms with Crippen LogP contribution in [0.4, 0.5) is 0 Å². The molecule has 0 fully saturated rings. The molecule has 0 aliphatic rings. The highest BCUT2D eigenvalue weighted by atomic mass is 127. The van der Waals surface area contributed by atoms with Crippen molar-refractivity contribution in [3.8, 4) is 17.7 Å². The van der Waals surface area contributed by atoms with Gasteiger partial charge in [0, 0.05) is 18.4 Å². The van der Waals surface area contributed by atoms with Crippen LogP contribution in [-0.4, -0.2) is 35.9 Å². The number of methoxy groups -OCH3 is 1. The molecule has 2 aromatic rings. The molecule has 0 aliphatic heterocycles. The topological polar surface area (TPSA) is 117 Å². The van der Waals surface area contributed by atoms with Crippen molar-refractivity contribution in [2.24, 2.45) is 5.10 Å². The summed E-state index contributed by atoms with van der Waals surface area (Å²) in [5.41, 5.74) is 4.60. The predicted octanol–water partition coefficient (Wildman–Crippen LogP) is 2.85. The first kappa shape index (κ1) is 22.3. The second-order valence-corrected chi connectivity index (χ2v) is 7.89. The van der Waals surface area contributed by atoms with E-state index in [9.17, 15) is 15.2 Å². The lowest BCUT2D eigenvalue weighted by atomic mass is 10.1. The van der Waals surface area contributed by atoms with Crippen molar-refractivity contribution >= 4 is 57.3 Å². The van der Waals surface area contributed by atoms with E-state index in [1.165, 1.54) is 13.3 Å². The summed E-state index contributed by atoms with van der Waals surface area (Å²) < 4.78 is 11.8. The van der Waals surface area contributed by atoms with Crippen LogP contribution in [-0.2, 0) is 16.1 Å².